The number of hydrogen-bond acceptors (Lipinski definition) is 2. The lowest BCUT2D eigenvalue weighted by Gasteiger charge is -2.28. The number of carbonyl (C=O) groups is 1. The van der Waals surface area contributed by atoms with Crippen LogP contribution in [0.3, 0.4) is 0 Å². The van der Waals surface area contributed by atoms with Crippen LogP contribution in [0.5, 0.6) is 0 Å². The minimum Gasteiger partial charge on any atom is -0.374 e. The second-order valence-corrected chi connectivity index (χ2v) is 4.34. The average Bonchev–Trinajstić information content (AvgIpc) is 2.10. The number of fused-ring (bicyclic) bond motifs is 1. The lowest BCUT2D eigenvalue weighted by molar-refractivity contribution is -0.116. The molecule has 1 N–H and O–H groups in total. The predicted octanol–water partition coefficient (Wildman–Crippen LogP) is 2.15. The van der Waals surface area contributed by atoms with Crippen LogP contribution >= 0.6 is 15.9 Å². The highest BCUT2D eigenvalue weighted by Crippen LogP contribution is 2.34. The highest BCUT2D eigenvalue weighted by Gasteiger charge is 2.22. The van der Waals surface area contributed by atoms with Gasteiger partial charge < -0.3 is 10.2 Å². The molecular weight excluding hydrogens is 244 g/mol. The summed E-state index contributed by atoms with van der Waals surface area (Å²) in [5, 5.41) is 3.10. The van der Waals surface area contributed by atoms with E-state index in [0.29, 0.717) is 6.54 Å². The minimum absolute atomic E-state index is 0.0999. The van der Waals surface area contributed by atoms with E-state index < -0.39 is 0 Å². The number of hydrogen-bond donors (Lipinski definition) is 1. The van der Waals surface area contributed by atoms with Gasteiger partial charge in [0.1, 0.15) is 0 Å². The summed E-state index contributed by atoms with van der Waals surface area (Å²) < 4.78 is 1.03. The molecule has 14 heavy (non-hydrogen) atoms. The second-order valence-electron chi connectivity index (χ2n) is 3.43. The number of nitrogens with zero attached hydrogens (tertiary/aromatic N) is 1. The Hall–Kier alpha value is -1.03. The second kappa shape index (κ2) is 3.28. The Kier molecular flexibility index (Phi) is 2.23. The predicted molar refractivity (Wildman–Crippen MR) is 60.8 cm³/mol. The van der Waals surface area contributed by atoms with Crippen LogP contribution in [-0.2, 0) is 4.79 Å². The maximum absolute atomic E-state index is 11.4. The Morgan fingerprint density at radius 2 is 2.21 bits per heavy atom. The van der Waals surface area contributed by atoms with Crippen molar-refractivity contribution in [2.45, 2.75) is 6.92 Å². The maximum Gasteiger partial charge on any atom is 0.246 e. The van der Waals surface area contributed by atoms with Crippen LogP contribution in [0.1, 0.15) is 5.56 Å². The van der Waals surface area contributed by atoms with E-state index >= 15 is 0 Å². The third-order valence-corrected chi connectivity index (χ3v) is 2.86. The molecule has 0 radical (unpaired) electrons. The molecule has 4 heteroatoms. The largest absolute Gasteiger partial charge is 0.374 e. The molecule has 0 bridgehead atoms. The third kappa shape index (κ3) is 1.39. The van der Waals surface area contributed by atoms with Crippen molar-refractivity contribution >= 4 is 33.2 Å². The molecule has 1 heterocycles. The van der Waals surface area contributed by atoms with E-state index in [9.17, 15) is 4.79 Å². The summed E-state index contributed by atoms with van der Waals surface area (Å²) in [7, 11) is 1.81. The minimum atomic E-state index is 0.0999. The van der Waals surface area contributed by atoms with Crippen molar-refractivity contribution in [2.75, 3.05) is 23.8 Å². The van der Waals surface area contributed by atoms with E-state index in [1.807, 2.05) is 26.1 Å². The fraction of sp³-hybridized carbons (Fsp3) is 0.300. The highest BCUT2D eigenvalue weighted by atomic mass is 79.9. The van der Waals surface area contributed by atoms with Gasteiger partial charge >= 0.3 is 0 Å². The molecule has 1 aliphatic rings. The number of rotatable bonds is 0. The molecule has 1 aromatic rings. The molecule has 74 valence electrons. The average molecular weight is 255 g/mol. The normalized spacial score (nSPS) is 15.1. The molecule has 1 aromatic carbocycles. The Bertz CT molecular complexity index is 403. The molecule has 1 amide bonds. The van der Waals surface area contributed by atoms with Gasteiger partial charge in [-0.05, 0) is 24.6 Å². The van der Waals surface area contributed by atoms with Crippen LogP contribution in [0.25, 0.3) is 0 Å². The zero-order valence-electron chi connectivity index (χ0n) is 8.10. The fourth-order valence-corrected chi connectivity index (χ4v) is 2.30. The van der Waals surface area contributed by atoms with Crippen LogP contribution in [0.2, 0.25) is 0 Å². The SMILES string of the molecule is Cc1cc(Br)cc2c1N(C)C(=O)CN2. The maximum atomic E-state index is 11.4. The first-order valence-electron chi connectivity index (χ1n) is 4.40. The van der Waals surface area contributed by atoms with Crippen LogP contribution in [0.4, 0.5) is 11.4 Å². The zero-order chi connectivity index (χ0) is 10.3. The first-order chi connectivity index (χ1) is 6.59. The van der Waals surface area contributed by atoms with Gasteiger partial charge in [0, 0.05) is 11.5 Å². The van der Waals surface area contributed by atoms with Gasteiger partial charge in [-0.15, -0.1) is 0 Å². The van der Waals surface area contributed by atoms with Crippen molar-refractivity contribution in [3.8, 4) is 0 Å². The van der Waals surface area contributed by atoms with Gasteiger partial charge in [-0.2, -0.15) is 0 Å². The van der Waals surface area contributed by atoms with Crippen LogP contribution in [-0.4, -0.2) is 19.5 Å². The number of likely N-dealkylation sites (N-methyl/N-ethyl adjacent to an activating group) is 1. The lowest BCUT2D eigenvalue weighted by Crippen LogP contribution is -2.37. The molecule has 0 saturated heterocycles. The van der Waals surface area contributed by atoms with Crippen LogP contribution < -0.4 is 10.2 Å². The number of nitrogens with one attached hydrogen (secondary N) is 1. The van der Waals surface area contributed by atoms with Gasteiger partial charge in [0.05, 0.1) is 17.9 Å². The topological polar surface area (TPSA) is 32.3 Å². The van der Waals surface area contributed by atoms with Crippen molar-refractivity contribution < 1.29 is 4.79 Å². The Labute approximate surface area is 91.2 Å². The van der Waals surface area contributed by atoms with E-state index in [2.05, 4.69) is 21.2 Å². The van der Waals surface area contributed by atoms with Crippen molar-refractivity contribution in [1.82, 2.24) is 0 Å². The monoisotopic (exact) mass is 254 g/mol. The molecular formula is C10H11BrN2O. The molecule has 0 aliphatic carbocycles. The van der Waals surface area contributed by atoms with Crippen LogP contribution in [0, 0.1) is 6.92 Å². The van der Waals surface area contributed by atoms with E-state index in [1.54, 1.807) is 4.90 Å². The summed E-state index contributed by atoms with van der Waals surface area (Å²) in [6, 6.07) is 4.00. The number of halogens is 1. The van der Waals surface area contributed by atoms with Gasteiger partial charge in [0.25, 0.3) is 0 Å². The first-order valence-corrected chi connectivity index (χ1v) is 5.19. The van der Waals surface area contributed by atoms with Crippen molar-refractivity contribution in [3.05, 3.63) is 22.2 Å². The van der Waals surface area contributed by atoms with Crippen LogP contribution in [0.15, 0.2) is 16.6 Å². The molecule has 0 fully saturated rings. The third-order valence-electron chi connectivity index (χ3n) is 2.40. The summed E-state index contributed by atoms with van der Waals surface area (Å²) in [6.07, 6.45) is 0. The number of aryl methyl sites for hydroxylation is 1. The first kappa shape index (κ1) is 9.52. The molecule has 0 spiro atoms. The summed E-state index contributed by atoms with van der Waals surface area (Å²) in [6.45, 7) is 2.37. The van der Waals surface area contributed by atoms with E-state index in [1.165, 1.54) is 0 Å². The van der Waals surface area contributed by atoms with E-state index in [0.717, 1.165) is 21.4 Å². The summed E-state index contributed by atoms with van der Waals surface area (Å²) in [5.41, 5.74) is 3.08. The molecule has 2 rings (SSSR count). The lowest BCUT2D eigenvalue weighted by atomic mass is 10.1. The molecule has 0 aromatic heterocycles. The van der Waals surface area contributed by atoms with E-state index in [-0.39, 0.29) is 5.91 Å². The quantitative estimate of drug-likeness (QED) is 0.770. The van der Waals surface area contributed by atoms with Gasteiger partial charge in [0.2, 0.25) is 5.91 Å². The number of benzene rings is 1. The molecule has 0 unspecified atom stereocenters. The van der Waals surface area contributed by atoms with Gasteiger partial charge in [-0.25, -0.2) is 0 Å². The standard InChI is InChI=1S/C10H11BrN2O/c1-6-3-7(11)4-8-10(6)13(2)9(14)5-12-8/h3-4,12H,5H2,1-2H3. The van der Waals surface area contributed by atoms with Crippen molar-refractivity contribution in [3.63, 3.8) is 0 Å². The number of anilines is 2. The summed E-state index contributed by atoms with van der Waals surface area (Å²) in [4.78, 5) is 13.1. The zero-order valence-corrected chi connectivity index (χ0v) is 9.68. The fourth-order valence-electron chi connectivity index (χ4n) is 1.73. The molecule has 1 aliphatic heterocycles. The molecule has 0 atom stereocenters. The Morgan fingerprint density at radius 3 is 2.93 bits per heavy atom. The van der Waals surface area contributed by atoms with Crippen molar-refractivity contribution in [2.24, 2.45) is 0 Å². The van der Waals surface area contributed by atoms with Gasteiger partial charge in [-0.3, -0.25) is 4.79 Å². The Morgan fingerprint density at radius 1 is 1.50 bits per heavy atom. The Balaban J connectivity index is 2.60. The molecule has 3 nitrogen and oxygen atoms in total. The van der Waals surface area contributed by atoms with Crippen molar-refractivity contribution in [1.29, 1.82) is 0 Å². The number of amides is 1. The van der Waals surface area contributed by atoms with Gasteiger partial charge in [-0.1, -0.05) is 15.9 Å². The van der Waals surface area contributed by atoms with E-state index in [4.69, 9.17) is 0 Å². The summed E-state index contributed by atoms with van der Waals surface area (Å²) >= 11 is 3.43. The number of carbonyl (C=O) groups excluding carboxylic acids is 1. The van der Waals surface area contributed by atoms with Gasteiger partial charge in [0.15, 0.2) is 0 Å². The molecule has 0 saturated carbocycles. The summed E-state index contributed by atoms with van der Waals surface area (Å²) in [5.74, 6) is 0.0999. The highest BCUT2D eigenvalue weighted by molar-refractivity contribution is 9.10. The smallest absolute Gasteiger partial charge is 0.246 e.